The van der Waals surface area contributed by atoms with Gasteiger partial charge in [0.1, 0.15) is 0 Å². The number of rotatable bonds is 6. The molecule has 0 N–H and O–H groups in total. The number of allylic oxidation sites excluding steroid dienone is 9. The first-order chi connectivity index (χ1) is 24.9. The Bertz CT molecular complexity index is 2300. The van der Waals surface area contributed by atoms with E-state index in [1.165, 1.54) is 101 Å². The van der Waals surface area contributed by atoms with Gasteiger partial charge in [-0.3, -0.25) is 0 Å². The number of nitrogens with zero attached hydrogens (tertiary/aromatic N) is 2. The lowest BCUT2D eigenvalue weighted by molar-refractivity contribution is 0.423. The van der Waals surface area contributed by atoms with E-state index in [0.717, 1.165) is 6.42 Å². The van der Waals surface area contributed by atoms with E-state index in [4.69, 9.17) is 0 Å². The number of anilines is 4. The summed E-state index contributed by atoms with van der Waals surface area (Å²) in [4.78, 5) is 5.09. The highest BCUT2D eigenvalue weighted by Crippen LogP contribution is 2.60. The van der Waals surface area contributed by atoms with Gasteiger partial charge in [-0.15, -0.1) is 0 Å². The van der Waals surface area contributed by atoms with Gasteiger partial charge in [0.25, 0.3) is 0 Å². The Morgan fingerprint density at radius 1 is 0.615 bits per heavy atom. The lowest BCUT2D eigenvalue weighted by Gasteiger charge is -2.50. The molecule has 0 aliphatic heterocycles. The highest BCUT2D eigenvalue weighted by molar-refractivity contribution is 5.89. The smallest absolute Gasteiger partial charge is 0.0537 e. The van der Waals surface area contributed by atoms with Crippen LogP contribution in [0.25, 0.3) is 12.2 Å². The van der Waals surface area contributed by atoms with Crippen molar-refractivity contribution < 1.29 is 0 Å². The van der Waals surface area contributed by atoms with Gasteiger partial charge in [0.05, 0.1) is 5.69 Å². The Kier molecular flexibility index (Phi) is 8.21. The highest BCUT2D eigenvalue weighted by atomic mass is 15.2. The lowest BCUT2D eigenvalue weighted by atomic mass is 9.59. The Balaban J connectivity index is 1.32. The first-order valence-corrected chi connectivity index (χ1v) is 19.0. The largest absolute Gasteiger partial charge is 0.317 e. The molecular formula is C50H52N2. The lowest BCUT2D eigenvalue weighted by Crippen LogP contribution is -2.41. The maximum atomic E-state index is 2.61. The predicted molar refractivity (Wildman–Crippen MR) is 224 cm³/mol. The topological polar surface area (TPSA) is 6.48 Å². The van der Waals surface area contributed by atoms with Gasteiger partial charge in [0.15, 0.2) is 0 Å². The van der Waals surface area contributed by atoms with Crippen LogP contribution in [0.1, 0.15) is 90.1 Å². The molecule has 4 aliphatic rings. The third-order valence-electron chi connectivity index (χ3n) is 12.8. The van der Waals surface area contributed by atoms with Crippen molar-refractivity contribution in [2.24, 2.45) is 11.3 Å². The minimum atomic E-state index is -0.270. The molecule has 3 atom stereocenters. The number of benzene rings is 4. The van der Waals surface area contributed by atoms with E-state index in [-0.39, 0.29) is 11.3 Å². The van der Waals surface area contributed by atoms with Gasteiger partial charge in [0, 0.05) is 45.4 Å². The Labute approximate surface area is 311 Å². The van der Waals surface area contributed by atoms with Gasteiger partial charge in [-0.25, -0.2) is 0 Å². The molecule has 2 heteroatoms. The third-order valence-corrected chi connectivity index (χ3v) is 12.8. The molecule has 0 fully saturated rings. The fourth-order valence-electron chi connectivity index (χ4n) is 8.90. The zero-order valence-electron chi connectivity index (χ0n) is 32.6. The summed E-state index contributed by atoms with van der Waals surface area (Å²) >= 11 is 0. The van der Waals surface area contributed by atoms with E-state index in [0.29, 0.717) is 5.92 Å². The SMILES string of the molecule is CC1=C(C)C(C)CC(N(C2=CC=C3C=Cc4c(N(c5ccc(C)c(C)c5)c5ccc(C)c(C)c5)ccc5c4C3C2(C)C=C5)c2ccc(C)c(C)c2)=C1. The van der Waals surface area contributed by atoms with E-state index >= 15 is 0 Å². The zero-order valence-corrected chi connectivity index (χ0v) is 32.6. The van der Waals surface area contributed by atoms with Crippen LogP contribution in [0.5, 0.6) is 0 Å². The Morgan fingerprint density at radius 2 is 1.19 bits per heavy atom. The molecule has 0 saturated carbocycles. The van der Waals surface area contributed by atoms with Crippen LogP contribution in [-0.4, -0.2) is 0 Å². The molecule has 0 bridgehead atoms. The summed E-state index contributed by atoms with van der Waals surface area (Å²) in [5.74, 6) is 0.677. The molecule has 0 spiro atoms. The minimum absolute atomic E-state index is 0.183. The van der Waals surface area contributed by atoms with E-state index < -0.39 is 0 Å². The molecule has 2 nitrogen and oxygen atoms in total. The van der Waals surface area contributed by atoms with E-state index in [2.05, 4.69) is 188 Å². The molecule has 4 aromatic rings. The third kappa shape index (κ3) is 5.38. The van der Waals surface area contributed by atoms with Crippen LogP contribution in [0.15, 0.2) is 125 Å². The molecule has 0 aromatic heterocycles. The summed E-state index contributed by atoms with van der Waals surface area (Å²) in [6, 6.07) is 25.5. The summed E-state index contributed by atoms with van der Waals surface area (Å²) in [6.45, 7) is 22.7. The summed E-state index contributed by atoms with van der Waals surface area (Å²) < 4.78 is 0. The second-order valence-electron chi connectivity index (χ2n) is 16.2. The van der Waals surface area contributed by atoms with Crippen molar-refractivity contribution >= 4 is 34.9 Å². The molecule has 4 aromatic carbocycles. The second kappa shape index (κ2) is 12.6. The number of aryl methyl sites for hydroxylation is 6. The first-order valence-electron chi connectivity index (χ1n) is 19.0. The quantitative estimate of drug-likeness (QED) is 0.200. The van der Waals surface area contributed by atoms with Crippen LogP contribution in [0, 0.1) is 52.9 Å². The van der Waals surface area contributed by atoms with Crippen LogP contribution in [0.3, 0.4) is 0 Å². The van der Waals surface area contributed by atoms with Crippen molar-refractivity contribution in [2.75, 3.05) is 9.80 Å². The van der Waals surface area contributed by atoms with Crippen molar-refractivity contribution in [2.45, 2.75) is 81.6 Å². The summed E-state index contributed by atoms with van der Waals surface area (Å²) in [5.41, 5.74) is 23.5. The van der Waals surface area contributed by atoms with Crippen LogP contribution >= 0.6 is 0 Å². The van der Waals surface area contributed by atoms with Crippen molar-refractivity contribution in [1.29, 1.82) is 0 Å². The highest BCUT2D eigenvalue weighted by Gasteiger charge is 2.48. The van der Waals surface area contributed by atoms with Gasteiger partial charge in [0.2, 0.25) is 0 Å². The van der Waals surface area contributed by atoms with E-state index in [1.807, 2.05) is 0 Å². The van der Waals surface area contributed by atoms with Crippen molar-refractivity contribution in [1.82, 2.24) is 0 Å². The van der Waals surface area contributed by atoms with Crippen molar-refractivity contribution in [3.8, 4) is 0 Å². The van der Waals surface area contributed by atoms with Crippen LogP contribution < -0.4 is 9.80 Å². The summed E-state index contributed by atoms with van der Waals surface area (Å²) in [6.07, 6.45) is 18.0. The molecule has 4 aliphatic carbocycles. The monoisotopic (exact) mass is 680 g/mol. The zero-order chi connectivity index (χ0) is 36.6. The average Bonchev–Trinajstić information content (AvgIpc) is 3.12. The molecule has 52 heavy (non-hydrogen) atoms. The fraction of sp³-hybridized carbons (Fsp3) is 0.280. The average molecular weight is 681 g/mol. The maximum Gasteiger partial charge on any atom is 0.0537 e. The molecule has 262 valence electrons. The molecule has 0 saturated heterocycles. The van der Waals surface area contributed by atoms with Crippen molar-refractivity contribution in [3.05, 3.63) is 175 Å². The number of hydrogen-bond donors (Lipinski definition) is 0. The molecule has 0 heterocycles. The normalized spacial score (nSPS) is 21.4. The predicted octanol–water partition coefficient (Wildman–Crippen LogP) is 13.7. The van der Waals surface area contributed by atoms with Crippen molar-refractivity contribution in [3.63, 3.8) is 0 Å². The Morgan fingerprint density at radius 3 is 1.75 bits per heavy atom. The maximum absolute atomic E-state index is 2.61. The van der Waals surface area contributed by atoms with Gasteiger partial charge < -0.3 is 9.80 Å². The standard InChI is InChI=1S/C50H52N2/c1-30-11-17-41(25-33(30)4)51(42-18-12-31(2)34(5)26-42)46-21-15-39-23-24-50(10)47(22-16-40-14-20-45(46)48(39)49(40)50)52(43-19-13-32(3)35(6)27-43)44-28-36(7)38(9)37(8)29-44/h11-28,37,49H,29H2,1-10H3. The van der Waals surface area contributed by atoms with E-state index in [1.54, 1.807) is 0 Å². The molecule has 0 radical (unpaired) electrons. The van der Waals surface area contributed by atoms with Crippen LogP contribution in [0.4, 0.5) is 22.7 Å². The van der Waals surface area contributed by atoms with Gasteiger partial charge in [-0.1, -0.05) is 72.7 Å². The summed E-state index contributed by atoms with van der Waals surface area (Å²) in [7, 11) is 0. The van der Waals surface area contributed by atoms with E-state index in [9.17, 15) is 0 Å². The molecule has 3 unspecified atom stereocenters. The second-order valence-corrected chi connectivity index (χ2v) is 16.2. The molecule has 0 amide bonds. The van der Waals surface area contributed by atoms with Crippen LogP contribution in [0.2, 0.25) is 0 Å². The molecule has 8 rings (SSSR count). The van der Waals surface area contributed by atoms with Gasteiger partial charge in [-0.05, 0) is 179 Å². The number of hydrogen-bond acceptors (Lipinski definition) is 2. The fourth-order valence-corrected chi connectivity index (χ4v) is 8.90. The molecular weight excluding hydrogens is 629 g/mol. The first kappa shape index (κ1) is 34.0. The van der Waals surface area contributed by atoms with Crippen LogP contribution in [-0.2, 0) is 0 Å². The minimum Gasteiger partial charge on any atom is -0.317 e. The Hall–Kier alpha value is -5.08. The van der Waals surface area contributed by atoms with Gasteiger partial charge >= 0.3 is 0 Å². The van der Waals surface area contributed by atoms with Gasteiger partial charge in [-0.2, -0.15) is 0 Å². The summed E-state index contributed by atoms with van der Waals surface area (Å²) in [5, 5.41) is 0.